The molecule has 1 atom stereocenters. The van der Waals surface area contributed by atoms with Crippen molar-refractivity contribution in [2.45, 2.75) is 6.04 Å². The minimum atomic E-state index is -0.665. The SMILES string of the molecule is CN1C(=O)N[C@@H](c2ccccc2Cl)C2=C1CN(CC(=O)NCCOc1ccccc1)C2=O. The van der Waals surface area contributed by atoms with Gasteiger partial charge in [-0.1, -0.05) is 48.0 Å². The van der Waals surface area contributed by atoms with E-state index in [0.717, 1.165) is 5.75 Å². The second-order valence-corrected chi connectivity index (χ2v) is 7.90. The molecule has 0 aliphatic carbocycles. The minimum absolute atomic E-state index is 0.117. The first-order valence-electron chi connectivity index (χ1n) is 10.2. The Morgan fingerprint density at radius 2 is 1.88 bits per heavy atom. The van der Waals surface area contributed by atoms with Crippen LogP contribution in [0.15, 0.2) is 65.9 Å². The highest BCUT2D eigenvalue weighted by Crippen LogP contribution is 2.37. The van der Waals surface area contributed by atoms with Gasteiger partial charge in [-0.05, 0) is 23.8 Å². The summed E-state index contributed by atoms with van der Waals surface area (Å²) >= 11 is 6.33. The summed E-state index contributed by atoms with van der Waals surface area (Å²) in [5.41, 5.74) is 1.64. The van der Waals surface area contributed by atoms with Crippen molar-refractivity contribution in [2.75, 3.05) is 33.3 Å². The lowest BCUT2D eigenvalue weighted by Crippen LogP contribution is -2.45. The van der Waals surface area contributed by atoms with Crippen molar-refractivity contribution in [3.8, 4) is 5.75 Å². The molecular weight excluding hydrogens is 432 g/mol. The molecular formula is C23H23ClN4O4. The van der Waals surface area contributed by atoms with Gasteiger partial charge in [0, 0.05) is 12.1 Å². The van der Waals surface area contributed by atoms with E-state index in [1.165, 1.54) is 9.80 Å². The number of urea groups is 1. The van der Waals surface area contributed by atoms with Gasteiger partial charge in [0.05, 0.1) is 30.4 Å². The summed E-state index contributed by atoms with van der Waals surface area (Å²) in [6.07, 6.45) is 0. The smallest absolute Gasteiger partial charge is 0.322 e. The number of nitrogens with zero attached hydrogens (tertiary/aromatic N) is 2. The maximum atomic E-state index is 13.2. The fourth-order valence-electron chi connectivity index (χ4n) is 3.80. The van der Waals surface area contributed by atoms with E-state index in [0.29, 0.717) is 35.0 Å². The molecule has 9 heteroatoms. The first-order chi connectivity index (χ1) is 15.5. The van der Waals surface area contributed by atoms with Gasteiger partial charge in [0.1, 0.15) is 18.9 Å². The van der Waals surface area contributed by atoms with Gasteiger partial charge in [-0.15, -0.1) is 0 Å². The number of amides is 4. The van der Waals surface area contributed by atoms with Crippen LogP contribution in [0.1, 0.15) is 11.6 Å². The first-order valence-corrected chi connectivity index (χ1v) is 10.6. The fraction of sp³-hybridized carbons (Fsp3) is 0.261. The van der Waals surface area contributed by atoms with Crippen LogP contribution in [0.4, 0.5) is 4.79 Å². The quantitative estimate of drug-likeness (QED) is 0.628. The second kappa shape index (κ2) is 9.32. The summed E-state index contributed by atoms with van der Waals surface area (Å²) in [5, 5.41) is 6.05. The zero-order chi connectivity index (χ0) is 22.7. The predicted molar refractivity (Wildman–Crippen MR) is 119 cm³/mol. The van der Waals surface area contributed by atoms with Crippen molar-refractivity contribution in [1.82, 2.24) is 20.4 Å². The number of benzene rings is 2. The van der Waals surface area contributed by atoms with Crippen LogP contribution in [-0.4, -0.2) is 60.9 Å². The molecule has 0 aromatic heterocycles. The van der Waals surface area contributed by atoms with Crippen LogP contribution in [0.3, 0.4) is 0 Å². The summed E-state index contributed by atoms with van der Waals surface area (Å²) in [6.45, 7) is 0.681. The molecule has 0 saturated carbocycles. The summed E-state index contributed by atoms with van der Waals surface area (Å²) in [6, 6.07) is 15.4. The summed E-state index contributed by atoms with van der Waals surface area (Å²) in [7, 11) is 1.60. The molecule has 4 rings (SSSR count). The molecule has 2 N–H and O–H groups in total. The Balaban J connectivity index is 1.39. The molecule has 32 heavy (non-hydrogen) atoms. The predicted octanol–water partition coefficient (Wildman–Crippen LogP) is 2.33. The van der Waals surface area contributed by atoms with Gasteiger partial charge in [0.25, 0.3) is 5.91 Å². The van der Waals surface area contributed by atoms with Gasteiger partial charge in [-0.3, -0.25) is 14.5 Å². The van der Waals surface area contributed by atoms with Crippen LogP contribution in [-0.2, 0) is 9.59 Å². The number of rotatable bonds is 7. The average molecular weight is 455 g/mol. The third-order valence-corrected chi connectivity index (χ3v) is 5.77. The number of carbonyl (C=O) groups is 3. The van der Waals surface area contributed by atoms with Crippen LogP contribution in [0.2, 0.25) is 5.02 Å². The van der Waals surface area contributed by atoms with Crippen LogP contribution in [0.5, 0.6) is 5.75 Å². The maximum Gasteiger partial charge on any atom is 0.322 e. The number of para-hydroxylation sites is 1. The molecule has 2 aliphatic heterocycles. The topological polar surface area (TPSA) is 91.0 Å². The fourth-order valence-corrected chi connectivity index (χ4v) is 4.04. The molecule has 2 heterocycles. The van der Waals surface area contributed by atoms with E-state index in [-0.39, 0.29) is 30.9 Å². The van der Waals surface area contributed by atoms with Gasteiger partial charge < -0.3 is 20.3 Å². The Morgan fingerprint density at radius 1 is 1.16 bits per heavy atom. The molecule has 0 saturated heterocycles. The number of nitrogens with one attached hydrogen (secondary N) is 2. The number of hydrogen-bond donors (Lipinski definition) is 2. The minimum Gasteiger partial charge on any atom is -0.492 e. The van der Waals surface area contributed by atoms with E-state index in [2.05, 4.69) is 10.6 Å². The summed E-state index contributed by atoms with van der Waals surface area (Å²) in [4.78, 5) is 40.9. The lowest BCUT2D eigenvalue weighted by Gasteiger charge is -2.31. The number of halogens is 1. The Hall–Kier alpha value is -3.52. The van der Waals surface area contributed by atoms with Gasteiger partial charge in [-0.25, -0.2) is 4.79 Å². The summed E-state index contributed by atoms with van der Waals surface area (Å²) in [5.74, 6) is 0.123. The molecule has 4 amide bonds. The van der Waals surface area contributed by atoms with Crippen LogP contribution in [0, 0.1) is 0 Å². The van der Waals surface area contributed by atoms with Crippen molar-refractivity contribution in [3.05, 3.63) is 76.5 Å². The van der Waals surface area contributed by atoms with Gasteiger partial charge in [-0.2, -0.15) is 0 Å². The number of likely N-dealkylation sites (N-methyl/N-ethyl adjacent to an activating group) is 1. The Labute approximate surface area is 190 Å². The third-order valence-electron chi connectivity index (χ3n) is 5.42. The zero-order valence-electron chi connectivity index (χ0n) is 17.5. The standard InChI is InChI=1S/C23H23ClN4O4/c1-27-18-13-28(14-19(29)25-11-12-32-15-7-3-2-4-8-15)22(30)20(18)21(26-23(27)31)16-9-5-6-10-17(16)24/h2-10,21H,11-14H2,1H3,(H,25,29)(H,26,31)/t21-/m0/s1. The van der Waals surface area contributed by atoms with Gasteiger partial charge in [0.2, 0.25) is 5.91 Å². The second-order valence-electron chi connectivity index (χ2n) is 7.50. The van der Waals surface area contributed by atoms with Gasteiger partial charge in [0.15, 0.2) is 0 Å². The molecule has 2 aliphatic rings. The lowest BCUT2D eigenvalue weighted by atomic mass is 9.96. The monoisotopic (exact) mass is 454 g/mol. The molecule has 8 nitrogen and oxygen atoms in total. The molecule has 0 spiro atoms. The number of carbonyl (C=O) groups excluding carboxylic acids is 3. The Bertz CT molecular complexity index is 1070. The Morgan fingerprint density at radius 3 is 2.62 bits per heavy atom. The lowest BCUT2D eigenvalue weighted by molar-refractivity contribution is -0.131. The maximum absolute atomic E-state index is 13.2. The molecule has 0 unspecified atom stereocenters. The van der Waals surface area contributed by atoms with E-state index in [4.69, 9.17) is 16.3 Å². The molecule has 2 aromatic carbocycles. The van der Waals surface area contributed by atoms with Crippen molar-refractivity contribution in [1.29, 1.82) is 0 Å². The molecule has 2 aromatic rings. The molecule has 0 radical (unpaired) electrons. The molecule has 166 valence electrons. The summed E-state index contributed by atoms with van der Waals surface area (Å²) < 4.78 is 5.56. The number of hydrogen-bond acceptors (Lipinski definition) is 4. The highest BCUT2D eigenvalue weighted by molar-refractivity contribution is 6.31. The van der Waals surface area contributed by atoms with E-state index < -0.39 is 6.04 Å². The van der Waals surface area contributed by atoms with Crippen LogP contribution >= 0.6 is 11.6 Å². The number of ether oxygens (including phenoxy) is 1. The van der Waals surface area contributed by atoms with Crippen molar-refractivity contribution >= 4 is 29.4 Å². The first kappa shape index (κ1) is 21.7. The van der Waals surface area contributed by atoms with E-state index in [1.807, 2.05) is 30.3 Å². The Kier molecular flexibility index (Phi) is 6.32. The molecule has 0 bridgehead atoms. The largest absolute Gasteiger partial charge is 0.492 e. The zero-order valence-corrected chi connectivity index (χ0v) is 18.3. The van der Waals surface area contributed by atoms with E-state index >= 15 is 0 Å². The van der Waals surface area contributed by atoms with Crippen molar-refractivity contribution < 1.29 is 19.1 Å². The normalized spacial score (nSPS) is 17.9. The van der Waals surface area contributed by atoms with Crippen LogP contribution in [0.25, 0.3) is 0 Å². The highest BCUT2D eigenvalue weighted by atomic mass is 35.5. The van der Waals surface area contributed by atoms with Crippen molar-refractivity contribution in [2.24, 2.45) is 0 Å². The van der Waals surface area contributed by atoms with Gasteiger partial charge >= 0.3 is 6.03 Å². The highest BCUT2D eigenvalue weighted by Gasteiger charge is 2.43. The van der Waals surface area contributed by atoms with E-state index in [9.17, 15) is 14.4 Å². The van der Waals surface area contributed by atoms with E-state index in [1.54, 1.807) is 31.3 Å². The van der Waals surface area contributed by atoms with Crippen LogP contribution < -0.4 is 15.4 Å². The molecule has 0 fully saturated rings. The third kappa shape index (κ3) is 4.40. The average Bonchev–Trinajstić information content (AvgIpc) is 3.11. The van der Waals surface area contributed by atoms with Crippen molar-refractivity contribution in [3.63, 3.8) is 0 Å².